The van der Waals surface area contributed by atoms with Gasteiger partial charge in [0.1, 0.15) is 5.75 Å². The van der Waals surface area contributed by atoms with Crippen molar-refractivity contribution < 1.29 is 9.13 Å². The van der Waals surface area contributed by atoms with Crippen LogP contribution in [-0.2, 0) is 0 Å². The molecule has 0 bridgehead atoms. The van der Waals surface area contributed by atoms with Gasteiger partial charge in [-0.15, -0.1) is 0 Å². The van der Waals surface area contributed by atoms with E-state index in [2.05, 4.69) is 9.97 Å². The largest absolute Gasteiger partial charge is 0.436 e. The number of halogens is 2. The molecule has 0 saturated carbocycles. The van der Waals surface area contributed by atoms with E-state index in [4.69, 9.17) is 16.3 Å². The first-order valence-electron chi connectivity index (χ1n) is 4.99. The number of hydrogen-bond donors (Lipinski definition) is 0. The molecule has 0 aliphatic carbocycles. The Labute approximate surface area is 103 Å². The molecule has 2 aromatic rings. The van der Waals surface area contributed by atoms with Gasteiger partial charge in [-0.25, -0.2) is 4.98 Å². The van der Waals surface area contributed by atoms with Gasteiger partial charge in [0.05, 0.1) is 6.20 Å². The lowest BCUT2D eigenvalue weighted by Gasteiger charge is -2.07. The summed E-state index contributed by atoms with van der Waals surface area (Å²) in [5.74, 6) is -0.303. The van der Waals surface area contributed by atoms with Crippen molar-refractivity contribution in [2.24, 2.45) is 0 Å². The Bertz CT molecular complexity index is 560. The Kier molecular flexibility index (Phi) is 3.24. The van der Waals surface area contributed by atoms with Crippen LogP contribution in [0, 0.1) is 19.7 Å². The van der Waals surface area contributed by atoms with Crippen LogP contribution >= 0.6 is 11.6 Å². The van der Waals surface area contributed by atoms with Gasteiger partial charge in [0, 0.05) is 0 Å². The van der Waals surface area contributed by atoms with Crippen LogP contribution in [0.4, 0.5) is 4.39 Å². The SMILES string of the molecule is Cc1ccc(Oc2nc(Cl)ncc2F)cc1C. The molecule has 0 unspecified atom stereocenters. The second kappa shape index (κ2) is 4.67. The van der Waals surface area contributed by atoms with Crippen molar-refractivity contribution in [3.63, 3.8) is 0 Å². The van der Waals surface area contributed by atoms with E-state index in [9.17, 15) is 4.39 Å². The van der Waals surface area contributed by atoms with Crippen LogP contribution < -0.4 is 4.74 Å². The zero-order valence-electron chi connectivity index (χ0n) is 9.37. The van der Waals surface area contributed by atoms with Gasteiger partial charge in [-0.1, -0.05) is 6.07 Å². The molecule has 0 radical (unpaired) electrons. The number of benzene rings is 1. The maximum absolute atomic E-state index is 13.3. The standard InChI is InChI=1S/C12H10ClFN2O/c1-7-3-4-9(5-8(7)2)17-11-10(14)6-15-12(13)16-11/h3-6H,1-2H3. The van der Waals surface area contributed by atoms with Gasteiger partial charge < -0.3 is 4.74 Å². The summed E-state index contributed by atoms with van der Waals surface area (Å²) in [6.07, 6.45) is 0.978. The van der Waals surface area contributed by atoms with Crippen LogP contribution in [0.2, 0.25) is 5.28 Å². The Hall–Kier alpha value is -1.68. The summed E-state index contributed by atoms with van der Waals surface area (Å²) in [4.78, 5) is 7.19. The van der Waals surface area contributed by atoms with Crippen LogP contribution in [-0.4, -0.2) is 9.97 Å². The predicted octanol–water partition coefficient (Wildman–Crippen LogP) is 3.68. The van der Waals surface area contributed by atoms with Gasteiger partial charge in [0.2, 0.25) is 11.1 Å². The maximum Gasteiger partial charge on any atom is 0.260 e. The van der Waals surface area contributed by atoms with Crippen molar-refractivity contribution in [2.45, 2.75) is 13.8 Å². The molecule has 0 aliphatic heterocycles. The minimum atomic E-state index is -0.646. The highest BCUT2D eigenvalue weighted by molar-refractivity contribution is 6.28. The summed E-state index contributed by atoms with van der Waals surface area (Å²) >= 11 is 5.57. The van der Waals surface area contributed by atoms with E-state index in [0.29, 0.717) is 5.75 Å². The van der Waals surface area contributed by atoms with E-state index in [0.717, 1.165) is 17.3 Å². The zero-order chi connectivity index (χ0) is 12.4. The monoisotopic (exact) mass is 252 g/mol. The molecule has 0 atom stereocenters. The molecule has 0 spiro atoms. The van der Waals surface area contributed by atoms with Crippen molar-refractivity contribution in [1.82, 2.24) is 9.97 Å². The third-order valence-corrected chi connectivity index (χ3v) is 2.56. The lowest BCUT2D eigenvalue weighted by atomic mass is 10.1. The molecule has 0 fully saturated rings. The van der Waals surface area contributed by atoms with Gasteiger partial charge in [0.25, 0.3) is 5.88 Å². The fourth-order valence-corrected chi connectivity index (χ4v) is 1.42. The molecule has 1 heterocycles. The number of aromatic nitrogens is 2. The van der Waals surface area contributed by atoms with Gasteiger partial charge in [-0.2, -0.15) is 9.37 Å². The first-order chi connectivity index (χ1) is 8.06. The lowest BCUT2D eigenvalue weighted by Crippen LogP contribution is -1.95. The predicted molar refractivity (Wildman–Crippen MR) is 63.0 cm³/mol. The maximum atomic E-state index is 13.3. The number of aryl methyl sites for hydroxylation is 2. The first kappa shape index (κ1) is 11.8. The number of hydrogen-bond acceptors (Lipinski definition) is 3. The topological polar surface area (TPSA) is 35.0 Å². The summed E-state index contributed by atoms with van der Waals surface area (Å²) in [7, 11) is 0. The molecule has 0 saturated heterocycles. The summed E-state index contributed by atoms with van der Waals surface area (Å²) < 4.78 is 18.6. The third kappa shape index (κ3) is 2.71. The minimum absolute atomic E-state index is 0.0507. The smallest absolute Gasteiger partial charge is 0.260 e. The van der Waals surface area contributed by atoms with E-state index in [1.54, 1.807) is 6.07 Å². The Morgan fingerprint density at radius 3 is 2.71 bits per heavy atom. The highest BCUT2D eigenvalue weighted by Crippen LogP contribution is 2.24. The average Bonchev–Trinajstić information content (AvgIpc) is 2.29. The molecule has 3 nitrogen and oxygen atoms in total. The van der Waals surface area contributed by atoms with E-state index in [1.165, 1.54) is 0 Å². The molecular weight excluding hydrogens is 243 g/mol. The molecule has 0 aliphatic rings. The molecule has 0 amide bonds. The van der Waals surface area contributed by atoms with Gasteiger partial charge in [-0.05, 0) is 48.7 Å². The second-order valence-corrected chi connectivity index (χ2v) is 3.98. The fourth-order valence-electron chi connectivity index (χ4n) is 1.29. The Balaban J connectivity index is 2.31. The van der Waals surface area contributed by atoms with Crippen LogP contribution in [0.1, 0.15) is 11.1 Å². The zero-order valence-corrected chi connectivity index (χ0v) is 10.1. The van der Waals surface area contributed by atoms with Crippen LogP contribution in [0.15, 0.2) is 24.4 Å². The summed E-state index contributed by atoms with van der Waals surface area (Å²) in [5, 5.41) is -0.0507. The van der Waals surface area contributed by atoms with E-state index in [1.807, 2.05) is 26.0 Å². The molecule has 5 heteroatoms. The van der Waals surface area contributed by atoms with E-state index < -0.39 is 5.82 Å². The number of rotatable bonds is 2. The van der Waals surface area contributed by atoms with Gasteiger partial charge in [-0.3, -0.25) is 0 Å². The molecule has 0 N–H and O–H groups in total. The minimum Gasteiger partial charge on any atom is -0.436 e. The van der Waals surface area contributed by atoms with Crippen molar-refractivity contribution in [3.8, 4) is 11.6 Å². The number of nitrogens with zero attached hydrogens (tertiary/aromatic N) is 2. The Morgan fingerprint density at radius 2 is 2.00 bits per heavy atom. The number of ether oxygens (including phenoxy) is 1. The molecule has 88 valence electrons. The summed E-state index contributed by atoms with van der Waals surface area (Å²) in [6, 6.07) is 5.45. The van der Waals surface area contributed by atoms with Crippen LogP contribution in [0.3, 0.4) is 0 Å². The fraction of sp³-hybridized carbons (Fsp3) is 0.167. The molecular formula is C12H10ClFN2O. The Morgan fingerprint density at radius 1 is 1.24 bits per heavy atom. The quantitative estimate of drug-likeness (QED) is 0.765. The second-order valence-electron chi connectivity index (χ2n) is 3.64. The van der Waals surface area contributed by atoms with Gasteiger partial charge >= 0.3 is 0 Å². The highest BCUT2D eigenvalue weighted by atomic mass is 35.5. The average molecular weight is 253 g/mol. The van der Waals surface area contributed by atoms with Crippen LogP contribution in [0.5, 0.6) is 11.6 Å². The lowest BCUT2D eigenvalue weighted by molar-refractivity contribution is 0.419. The van der Waals surface area contributed by atoms with Crippen LogP contribution in [0.25, 0.3) is 0 Å². The molecule has 1 aromatic carbocycles. The first-order valence-corrected chi connectivity index (χ1v) is 5.37. The highest BCUT2D eigenvalue weighted by Gasteiger charge is 2.08. The van der Waals surface area contributed by atoms with Crippen molar-refractivity contribution in [3.05, 3.63) is 46.6 Å². The molecule has 2 rings (SSSR count). The summed E-state index contributed by atoms with van der Waals surface area (Å²) in [5.41, 5.74) is 2.20. The summed E-state index contributed by atoms with van der Waals surface area (Å²) in [6.45, 7) is 3.94. The van der Waals surface area contributed by atoms with Gasteiger partial charge in [0.15, 0.2) is 0 Å². The van der Waals surface area contributed by atoms with E-state index in [-0.39, 0.29) is 11.2 Å². The van der Waals surface area contributed by atoms with Crippen molar-refractivity contribution in [2.75, 3.05) is 0 Å². The van der Waals surface area contributed by atoms with Crippen molar-refractivity contribution >= 4 is 11.6 Å². The molecule has 17 heavy (non-hydrogen) atoms. The van der Waals surface area contributed by atoms with E-state index >= 15 is 0 Å². The molecule has 1 aromatic heterocycles. The van der Waals surface area contributed by atoms with Crippen molar-refractivity contribution in [1.29, 1.82) is 0 Å². The third-order valence-electron chi connectivity index (χ3n) is 2.38. The normalized spacial score (nSPS) is 10.4.